The van der Waals surface area contributed by atoms with Crippen LogP contribution in [0.3, 0.4) is 0 Å². The zero-order chi connectivity index (χ0) is 16.5. The molecule has 0 radical (unpaired) electrons. The van der Waals surface area contributed by atoms with Crippen LogP contribution in [0.5, 0.6) is 0 Å². The zero-order valence-corrected chi connectivity index (χ0v) is 14.4. The number of carbonyl (C=O) groups is 1. The van der Waals surface area contributed by atoms with Crippen molar-refractivity contribution in [2.24, 2.45) is 0 Å². The number of fused-ring (bicyclic) bond motifs is 1. The molecular formula is C21H19NOS. The summed E-state index contributed by atoms with van der Waals surface area (Å²) in [5, 5.41) is 2.14. The molecule has 120 valence electrons. The molecule has 4 rings (SSSR count). The second-order valence-corrected chi connectivity index (χ2v) is 7.23. The smallest absolute Gasteiger partial charge is 0.254 e. The standard InChI is InChI=1S/C21H19NOS/c1-15-7-9-16(10-8-15)20-18-12-14-24-19(18)11-13-22(20)21(23)17-5-3-2-4-6-17/h2-10,12,14,20H,11,13H2,1H3/t20-/m1/s1. The number of amides is 1. The molecule has 3 heteroatoms. The molecule has 0 aliphatic carbocycles. The van der Waals surface area contributed by atoms with Crippen LogP contribution >= 0.6 is 11.3 Å². The minimum absolute atomic E-state index is 0.00769. The van der Waals surface area contributed by atoms with Crippen LogP contribution < -0.4 is 0 Å². The molecule has 2 nitrogen and oxygen atoms in total. The third-order valence-corrected chi connectivity index (χ3v) is 5.64. The van der Waals surface area contributed by atoms with Crippen molar-refractivity contribution < 1.29 is 4.79 Å². The summed E-state index contributed by atoms with van der Waals surface area (Å²) in [4.78, 5) is 16.5. The molecule has 1 aromatic heterocycles. The van der Waals surface area contributed by atoms with Gasteiger partial charge in [-0.25, -0.2) is 0 Å². The van der Waals surface area contributed by atoms with Crippen molar-refractivity contribution in [2.75, 3.05) is 6.54 Å². The van der Waals surface area contributed by atoms with Gasteiger partial charge >= 0.3 is 0 Å². The molecule has 0 saturated heterocycles. The molecule has 1 aliphatic heterocycles. The van der Waals surface area contributed by atoms with Gasteiger partial charge in [-0.15, -0.1) is 11.3 Å². The summed E-state index contributed by atoms with van der Waals surface area (Å²) < 4.78 is 0. The highest BCUT2D eigenvalue weighted by Crippen LogP contribution is 2.38. The van der Waals surface area contributed by atoms with Gasteiger partial charge in [-0.1, -0.05) is 48.0 Å². The van der Waals surface area contributed by atoms with Crippen LogP contribution in [0.2, 0.25) is 0 Å². The maximum atomic E-state index is 13.1. The van der Waals surface area contributed by atoms with Crippen LogP contribution in [0.4, 0.5) is 0 Å². The predicted molar refractivity (Wildman–Crippen MR) is 98.5 cm³/mol. The number of rotatable bonds is 2. The number of thiophene rings is 1. The molecule has 0 fully saturated rings. The highest BCUT2D eigenvalue weighted by atomic mass is 32.1. The summed E-state index contributed by atoms with van der Waals surface area (Å²) in [5.74, 6) is 0.109. The van der Waals surface area contributed by atoms with Gasteiger partial charge in [0.2, 0.25) is 0 Å². The SMILES string of the molecule is Cc1ccc([C@@H]2c3ccsc3CCN2C(=O)c2ccccc2)cc1. The van der Waals surface area contributed by atoms with Gasteiger partial charge in [0.25, 0.3) is 5.91 Å². The Morgan fingerprint density at radius 1 is 1.04 bits per heavy atom. The first kappa shape index (κ1) is 15.2. The first-order chi connectivity index (χ1) is 11.7. The molecule has 1 amide bonds. The third-order valence-electron chi connectivity index (χ3n) is 4.64. The quantitative estimate of drug-likeness (QED) is 0.657. The van der Waals surface area contributed by atoms with Gasteiger partial charge in [-0.2, -0.15) is 0 Å². The summed E-state index contributed by atoms with van der Waals surface area (Å²) in [5.41, 5.74) is 4.46. The molecule has 0 N–H and O–H groups in total. The van der Waals surface area contributed by atoms with Crippen molar-refractivity contribution in [3.8, 4) is 0 Å². The minimum Gasteiger partial charge on any atom is -0.327 e. The second kappa shape index (κ2) is 6.25. The van der Waals surface area contributed by atoms with E-state index in [1.54, 1.807) is 11.3 Å². The molecule has 0 spiro atoms. The average Bonchev–Trinajstić information content (AvgIpc) is 3.10. The lowest BCUT2D eigenvalue weighted by atomic mass is 9.92. The monoisotopic (exact) mass is 333 g/mol. The van der Waals surface area contributed by atoms with Crippen molar-refractivity contribution >= 4 is 17.2 Å². The van der Waals surface area contributed by atoms with E-state index in [-0.39, 0.29) is 11.9 Å². The lowest BCUT2D eigenvalue weighted by Gasteiger charge is -2.36. The van der Waals surface area contributed by atoms with Crippen molar-refractivity contribution in [1.29, 1.82) is 0 Å². The first-order valence-electron chi connectivity index (χ1n) is 8.23. The fourth-order valence-corrected chi connectivity index (χ4v) is 4.29. The van der Waals surface area contributed by atoms with E-state index in [9.17, 15) is 4.79 Å². The molecule has 2 aromatic carbocycles. The fraction of sp³-hybridized carbons (Fsp3) is 0.190. The Labute approximate surface area is 146 Å². The Morgan fingerprint density at radius 2 is 1.79 bits per heavy atom. The van der Waals surface area contributed by atoms with E-state index in [2.05, 4.69) is 42.6 Å². The van der Waals surface area contributed by atoms with Crippen molar-refractivity contribution in [3.63, 3.8) is 0 Å². The van der Waals surface area contributed by atoms with E-state index in [4.69, 9.17) is 0 Å². The van der Waals surface area contributed by atoms with Crippen LogP contribution in [0.15, 0.2) is 66.0 Å². The molecule has 1 atom stereocenters. The van der Waals surface area contributed by atoms with Crippen molar-refractivity contribution in [2.45, 2.75) is 19.4 Å². The Hall–Kier alpha value is -2.39. The van der Waals surface area contributed by atoms with Gasteiger partial charge in [-0.05, 0) is 48.1 Å². The maximum absolute atomic E-state index is 13.1. The number of nitrogens with zero attached hydrogens (tertiary/aromatic N) is 1. The topological polar surface area (TPSA) is 20.3 Å². The van der Waals surface area contributed by atoms with E-state index in [1.165, 1.54) is 21.6 Å². The molecular weight excluding hydrogens is 314 g/mol. The van der Waals surface area contributed by atoms with E-state index in [0.29, 0.717) is 0 Å². The van der Waals surface area contributed by atoms with Gasteiger partial charge in [0, 0.05) is 17.0 Å². The van der Waals surface area contributed by atoms with Crippen LogP contribution in [0.25, 0.3) is 0 Å². The van der Waals surface area contributed by atoms with E-state index >= 15 is 0 Å². The Bertz CT molecular complexity index is 851. The Kier molecular flexibility index (Phi) is 3.95. The summed E-state index contributed by atoms with van der Waals surface area (Å²) >= 11 is 1.80. The summed E-state index contributed by atoms with van der Waals surface area (Å²) in [6.07, 6.45) is 0.938. The Morgan fingerprint density at radius 3 is 2.54 bits per heavy atom. The lowest BCUT2D eigenvalue weighted by Crippen LogP contribution is -2.40. The van der Waals surface area contributed by atoms with Gasteiger partial charge < -0.3 is 4.90 Å². The summed E-state index contributed by atoms with van der Waals surface area (Å²) in [6, 6.07) is 20.3. The lowest BCUT2D eigenvalue weighted by molar-refractivity contribution is 0.0696. The molecule has 0 unspecified atom stereocenters. The van der Waals surface area contributed by atoms with Gasteiger partial charge in [-0.3, -0.25) is 4.79 Å². The van der Waals surface area contributed by atoms with Crippen LogP contribution in [0.1, 0.15) is 38.0 Å². The summed E-state index contributed by atoms with van der Waals surface area (Å²) in [6.45, 7) is 2.85. The highest BCUT2D eigenvalue weighted by molar-refractivity contribution is 7.10. The number of hydrogen-bond donors (Lipinski definition) is 0. The van der Waals surface area contributed by atoms with E-state index < -0.39 is 0 Å². The fourth-order valence-electron chi connectivity index (χ4n) is 3.39. The highest BCUT2D eigenvalue weighted by Gasteiger charge is 2.33. The van der Waals surface area contributed by atoms with Crippen LogP contribution in [-0.2, 0) is 6.42 Å². The number of benzene rings is 2. The number of aryl methyl sites for hydroxylation is 1. The van der Waals surface area contributed by atoms with Crippen molar-refractivity contribution in [3.05, 3.63) is 93.2 Å². The minimum atomic E-state index is 0.00769. The van der Waals surface area contributed by atoms with E-state index in [1.807, 2.05) is 35.2 Å². The van der Waals surface area contributed by atoms with Crippen LogP contribution in [0, 0.1) is 6.92 Å². The maximum Gasteiger partial charge on any atom is 0.254 e. The average molecular weight is 333 g/mol. The summed E-state index contributed by atoms with van der Waals surface area (Å²) in [7, 11) is 0. The van der Waals surface area contributed by atoms with Crippen molar-refractivity contribution in [1.82, 2.24) is 4.90 Å². The molecule has 3 aromatic rings. The van der Waals surface area contributed by atoms with E-state index in [0.717, 1.165) is 18.5 Å². The largest absolute Gasteiger partial charge is 0.327 e. The molecule has 2 heterocycles. The van der Waals surface area contributed by atoms with Crippen LogP contribution in [-0.4, -0.2) is 17.4 Å². The predicted octanol–water partition coefficient (Wildman–Crippen LogP) is 4.84. The second-order valence-electron chi connectivity index (χ2n) is 6.23. The first-order valence-corrected chi connectivity index (χ1v) is 9.11. The normalized spacial score (nSPS) is 16.7. The molecule has 1 aliphatic rings. The molecule has 0 saturated carbocycles. The molecule has 24 heavy (non-hydrogen) atoms. The van der Waals surface area contributed by atoms with Gasteiger partial charge in [0.1, 0.15) is 0 Å². The van der Waals surface area contributed by atoms with Gasteiger partial charge in [0.15, 0.2) is 0 Å². The number of hydrogen-bond acceptors (Lipinski definition) is 2. The zero-order valence-electron chi connectivity index (χ0n) is 13.6. The number of carbonyl (C=O) groups excluding carboxylic acids is 1. The molecule has 0 bridgehead atoms. The Balaban J connectivity index is 1.78. The third kappa shape index (κ3) is 2.65. The van der Waals surface area contributed by atoms with Gasteiger partial charge in [0.05, 0.1) is 6.04 Å².